The number of piperidine rings is 1. The highest BCUT2D eigenvalue weighted by atomic mass is 16.5. The number of carbonyl (C=O) groups is 6. The van der Waals surface area contributed by atoms with E-state index in [2.05, 4.69) is 16.0 Å². The molecule has 4 aliphatic rings. The zero-order valence-corrected chi connectivity index (χ0v) is 28.3. The second-order valence-corrected chi connectivity index (χ2v) is 16.2. The second-order valence-electron chi connectivity index (χ2n) is 16.2. The van der Waals surface area contributed by atoms with E-state index in [0.29, 0.717) is 13.0 Å². The highest BCUT2D eigenvalue weighted by Gasteiger charge is 2.70. The SMILES string of the molecule is CC(C)(C)[C@H](NC(=O)N[C@H](CN1C(=O)COCC1O)C(C)(C)C)C(=O)N1C[C@H]2[C@@H]([C@H]1C(=O)NC(CC1CC1)C(=O)C(N)=O)C2(C)C. The first-order valence-corrected chi connectivity index (χ1v) is 16.2. The summed E-state index contributed by atoms with van der Waals surface area (Å²) in [6.07, 6.45) is 0.991. The zero-order valence-electron chi connectivity index (χ0n) is 28.3. The number of likely N-dealkylation sites (tertiary alicyclic amines) is 1. The number of ether oxygens (including phenoxy) is 1. The fourth-order valence-electron chi connectivity index (χ4n) is 6.85. The summed E-state index contributed by atoms with van der Waals surface area (Å²) in [5, 5.41) is 18.8. The summed E-state index contributed by atoms with van der Waals surface area (Å²) in [4.78, 5) is 81.2. The molecule has 0 radical (unpaired) electrons. The molecule has 2 heterocycles. The van der Waals surface area contributed by atoms with Crippen molar-refractivity contribution >= 4 is 35.4 Å². The summed E-state index contributed by atoms with van der Waals surface area (Å²) in [6, 6.07) is -4.20. The van der Waals surface area contributed by atoms with Gasteiger partial charge in [-0.25, -0.2) is 4.79 Å². The summed E-state index contributed by atoms with van der Waals surface area (Å²) in [5.41, 5.74) is 3.79. The number of hydrogen-bond donors (Lipinski definition) is 5. The number of nitrogens with two attached hydrogens (primary N) is 1. The number of aliphatic hydroxyl groups is 1. The van der Waals surface area contributed by atoms with E-state index in [9.17, 15) is 33.9 Å². The van der Waals surface area contributed by atoms with Crippen molar-refractivity contribution in [1.29, 1.82) is 0 Å². The molecular formula is C32H52N6O8. The number of aliphatic hydroxyl groups excluding tert-OH is 1. The summed E-state index contributed by atoms with van der Waals surface area (Å²) >= 11 is 0. The van der Waals surface area contributed by atoms with Crippen molar-refractivity contribution in [2.24, 2.45) is 39.7 Å². The number of nitrogens with zero attached hydrogens (tertiary/aromatic N) is 2. The molecule has 2 saturated carbocycles. The van der Waals surface area contributed by atoms with Crippen molar-refractivity contribution in [2.45, 2.75) is 105 Å². The fraction of sp³-hybridized carbons (Fsp3) is 0.812. The predicted octanol–water partition coefficient (Wildman–Crippen LogP) is 0.115. The van der Waals surface area contributed by atoms with Gasteiger partial charge in [0.05, 0.1) is 18.7 Å². The normalized spacial score (nSPS) is 27.6. The molecule has 2 aliphatic carbocycles. The number of amides is 6. The van der Waals surface area contributed by atoms with E-state index in [1.165, 1.54) is 9.80 Å². The first-order chi connectivity index (χ1) is 21.1. The number of hydrogen-bond acceptors (Lipinski definition) is 8. The topological polar surface area (TPSA) is 200 Å². The van der Waals surface area contributed by atoms with Crippen LogP contribution in [0.25, 0.3) is 0 Å². The van der Waals surface area contributed by atoms with Crippen molar-refractivity contribution in [3.05, 3.63) is 0 Å². The van der Waals surface area contributed by atoms with Crippen molar-refractivity contribution in [2.75, 3.05) is 26.3 Å². The number of primary amides is 1. The number of ketones is 1. The van der Waals surface area contributed by atoms with Crippen molar-refractivity contribution in [3.8, 4) is 0 Å². The number of fused-ring (bicyclic) bond motifs is 1. The molecule has 0 bridgehead atoms. The Labute approximate surface area is 270 Å². The molecular weight excluding hydrogens is 596 g/mol. The van der Waals surface area contributed by atoms with E-state index in [4.69, 9.17) is 10.5 Å². The minimum atomic E-state index is -1.14. The molecule has 0 aromatic rings. The Hall–Kier alpha value is -3.26. The van der Waals surface area contributed by atoms with Crippen LogP contribution in [0.3, 0.4) is 0 Å². The molecule has 0 spiro atoms. The maximum Gasteiger partial charge on any atom is 0.315 e. The molecule has 2 aliphatic heterocycles. The summed E-state index contributed by atoms with van der Waals surface area (Å²) < 4.78 is 5.10. The Balaban J connectivity index is 1.52. The van der Waals surface area contributed by atoms with Gasteiger partial charge in [-0.15, -0.1) is 0 Å². The van der Waals surface area contributed by atoms with Crippen molar-refractivity contribution in [1.82, 2.24) is 25.8 Å². The third kappa shape index (κ3) is 7.64. The smallest absolute Gasteiger partial charge is 0.315 e. The van der Waals surface area contributed by atoms with Crippen molar-refractivity contribution in [3.63, 3.8) is 0 Å². The van der Waals surface area contributed by atoms with Crippen molar-refractivity contribution < 1.29 is 38.6 Å². The van der Waals surface area contributed by atoms with Gasteiger partial charge in [-0.1, -0.05) is 68.2 Å². The van der Waals surface area contributed by atoms with Gasteiger partial charge in [0.2, 0.25) is 17.6 Å². The summed E-state index contributed by atoms with van der Waals surface area (Å²) in [7, 11) is 0. The molecule has 6 N–H and O–H groups in total. The largest absolute Gasteiger partial charge is 0.371 e. The number of carbonyl (C=O) groups excluding carboxylic acids is 6. The lowest BCUT2D eigenvalue weighted by Gasteiger charge is -2.40. The first-order valence-electron chi connectivity index (χ1n) is 16.2. The van der Waals surface area contributed by atoms with Crippen LogP contribution in [-0.4, -0.2) is 107 Å². The van der Waals surface area contributed by atoms with Crippen LogP contribution in [0, 0.1) is 34.0 Å². The molecule has 14 nitrogen and oxygen atoms in total. The Morgan fingerprint density at radius 2 is 1.65 bits per heavy atom. The van der Waals surface area contributed by atoms with Crippen LogP contribution in [-0.2, 0) is 28.7 Å². The van der Waals surface area contributed by atoms with E-state index >= 15 is 0 Å². The van der Waals surface area contributed by atoms with Crippen LogP contribution in [0.2, 0.25) is 0 Å². The maximum absolute atomic E-state index is 14.3. The molecule has 14 heteroatoms. The van der Waals surface area contributed by atoms with E-state index in [1.807, 2.05) is 55.4 Å². The Morgan fingerprint density at radius 1 is 1.02 bits per heavy atom. The molecule has 0 aromatic carbocycles. The third-order valence-electron chi connectivity index (χ3n) is 10.2. The van der Waals surface area contributed by atoms with Gasteiger partial charge in [-0.2, -0.15) is 0 Å². The average molecular weight is 649 g/mol. The monoisotopic (exact) mass is 648 g/mol. The number of rotatable bonds is 11. The summed E-state index contributed by atoms with van der Waals surface area (Å²) in [5.74, 6) is -3.17. The number of Topliss-reactive ketones (excluding diaryl/α,β-unsaturated/α-hetero) is 1. The van der Waals surface area contributed by atoms with Crippen LogP contribution in [0.1, 0.15) is 74.7 Å². The van der Waals surface area contributed by atoms with Gasteiger partial charge in [0.1, 0.15) is 18.7 Å². The van der Waals surface area contributed by atoms with Gasteiger partial charge in [0.25, 0.3) is 11.8 Å². The lowest BCUT2D eigenvalue weighted by atomic mass is 9.84. The highest BCUT2D eigenvalue weighted by Crippen LogP contribution is 2.65. The lowest BCUT2D eigenvalue weighted by molar-refractivity contribution is -0.166. The Bertz CT molecular complexity index is 1250. The zero-order chi connectivity index (χ0) is 34.5. The number of urea groups is 1. The van der Waals surface area contributed by atoms with Gasteiger partial charge in [0, 0.05) is 13.1 Å². The van der Waals surface area contributed by atoms with Gasteiger partial charge in [0.15, 0.2) is 6.23 Å². The van der Waals surface area contributed by atoms with E-state index < -0.39 is 76.7 Å². The van der Waals surface area contributed by atoms with Crippen LogP contribution < -0.4 is 21.7 Å². The van der Waals surface area contributed by atoms with E-state index in [-0.39, 0.29) is 42.9 Å². The molecule has 0 aromatic heterocycles. The van der Waals surface area contributed by atoms with Crippen LogP contribution in [0.4, 0.5) is 4.79 Å². The molecule has 46 heavy (non-hydrogen) atoms. The standard InChI is InChI=1S/C32H52N6O8/c1-30(2,3)19(13-37-20(39)14-46-15-21(37)40)35-29(45)36-25(31(4,5)6)28(44)38-12-17-22(32(17,7)8)23(38)27(43)34-18(11-16-9-10-16)24(41)26(33)42/h16-20,22-23,25,39H,9-15H2,1-8H3,(H2,33,42)(H,34,43)(H2,35,36,45)/t17-,18?,19+,20?,22-,23-,25+/m0/s1. The van der Waals surface area contributed by atoms with Crippen LogP contribution >= 0.6 is 0 Å². The minimum Gasteiger partial charge on any atom is -0.371 e. The average Bonchev–Trinajstić information content (AvgIpc) is 3.78. The molecule has 7 atom stereocenters. The lowest BCUT2D eigenvalue weighted by Crippen LogP contribution is -2.63. The van der Waals surface area contributed by atoms with E-state index in [0.717, 1.165) is 12.8 Å². The maximum atomic E-state index is 14.3. The molecule has 258 valence electrons. The van der Waals surface area contributed by atoms with Gasteiger partial charge in [-0.05, 0) is 40.4 Å². The number of nitrogens with one attached hydrogen (secondary N) is 3. The molecule has 2 saturated heterocycles. The quantitative estimate of drug-likeness (QED) is 0.194. The molecule has 4 fully saturated rings. The fourth-order valence-corrected chi connectivity index (χ4v) is 6.85. The first kappa shape index (κ1) is 35.6. The Kier molecular flexibility index (Phi) is 9.86. The third-order valence-corrected chi connectivity index (χ3v) is 10.2. The second kappa shape index (κ2) is 12.7. The molecule has 2 unspecified atom stereocenters. The van der Waals surface area contributed by atoms with Gasteiger partial charge in [-0.3, -0.25) is 24.0 Å². The predicted molar refractivity (Wildman–Crippen MR) is 166 cm³/mol. The number of morpholine rings is 1. The van der Waals surface area contributed by atoms with Crippen LogP contribution in [0.5, 0.6) is 0 Å². The Morgan fingerprint density at radius 3 is 2.17 bits per heavy atom. The summed E-state index contributed by atoms with van der Waals surface area (Å²) in [6.45, 7) is 15.3. The van der Waals surface area contributed by atoms with Gasteiger partial charge < -0.3 is 41.3 Å². The minimum absolute atomic E-state index is 0.0310. The highest BCUT2D eigenvalue weighted by molar-refractivity contribution is 6.37. The molecule has 4 rings (SSSR count). The van der Waals surface area contributed by atoms with Gasteiger partial charge >= 0.3 is 6.03 Å². The van der Waals surface area contributed by atoms with E-state index in [1.54, 1.807) is 0 Å². The van der Waals surface area contributed by atoms with Crippen LogP contribution in [0.15, 0.2) is 0 Å². The molecule has 6 amide bonds.